The van der Waals surface area contributed by atoms with E-state index in [0.717, 1.165) is 5.56 Å². The summed E-state index contributed by atoms with van der Waals surface area (Å²) in [6.45, 7) is 0.125. The molecule has 0 fully saturated rings. The largest absolute Gasteiger partial charge is 0.495 e. The van der Waals surface area contributed by atoms with Gasteiger partial charge in [-0.1, -0.05) is 30.3 Å². The number of para-hydroxylation sites is 1. The Bertz CT molecular complexity index is 976. The van der Waals surface area contributed by atoms with Gasteiger partial charge in [0.15, 0.2) is 0 Å². The van der Waals surface area contributed by atoms with Crippen molar-refractivity contribution in [3.8, 4) is 17.4 Å². The molecule has 3 aromatic rings. The average molecular weight is 370 g/mol. The Labute approximate surface area is 152 Å². The molecule has 7 heteroatoms. The van der Waals surface area contributed by atoms with Crippen molar-refractivity contribution in [2.24, 2.45) is 0 Å². The number of nitrogens with zero attached hydrogens (tertiary/aromatic N) is 1. The Hall–Kier alpha value is -2.90. The van der Waals surface area contributed by atoms with Crippen LogP contribution in [0.4, 0.5) is 0 Å². The first-order valence-electron chi connectivity index (χ1n) is 7.89. The molecule has 0 spiro atoms. The Morgan fingerprint density at radius 3 is 2.58 bits per heavy atom. The van der Waals surface area contributed by atoms with Gasteiger partial charge >= 0.3 is 0 Å². The molecular formula is C19H18N2O4S. The molecule has 1 heterocycles. The van der Waals surface area contributed by atoms with Crippen LogP contribution in [0.1, 0.15) is 5.56 Å². The molecule has 6 nitrogen and oxygen atoms in total. The SMILES string of the molecule is COc1ccccc1S(=O)(=O)NCc1cccc(Oc2ccccn2)c1. The highest BCUT2D eigenvalue weighted by molar-refractivity contribution is 7.89. The fraction of sp³-hybridized carbons (Fsp3) is 0.105. The zero-order valence-corrected chi connectivity index (χ0v) is 14.9. The van der Waals surface area contributed by atoms with E-state index in [1.54, 1.807) is 54.7 Å². The van der Waals surface area contributed by atoms with Crippen molar-refractivity contribution in [3.05, 3.63) is 78.5 Å². The molecule has 0 radical (unpaired) electrons. The molecule has 0 bridgehead atoms. The highest BCUT2D eigenvalue weighted by Gasteiger charge is 2.18. The summed E-state index contributed by atoms with van der Waals surface area (Å²) in [6, 6.07) is 19.0. The molecule has 0 amide bonds. The van der Waals surface area contributed by atoms with E-state index in [1.807, 2.05) is 12.1 Å². The number of rotatable bonds is 7. The van der Waals surface area contributed by atoms with Gasteiger partial charge in [-0.25, -0.2) is 18.1 Å². The second kappa shape index (κ2) is 7.99. The van der Waals surface area contributed by atoms with E-state index in [4.69, 9.17) is 9.47 Å². The van der Waals surface area contributed by atoms with E-state index in [1.165, 1.54) is 13.2 Å². The van der Waals surface area contributed by atoms with Gasteiger partial charge in [-0.2, -0.15) is 0 Å². The predicted octanol–water partition coefficient (Wildman–Crippen LogP) is 3.36. The standard InChI is InChI=1S/C19H18N2O4S/c1-24-17-9-2-3-10-18(17)26(22,23)21-14-15-7-6-8-16(13-15)25-19-11-4-5-12-20-19/h2-13,21H,14H2,1H3. The van der Waals surface area contributed by atoms with Crippen LogP contribution in [0.5, 0.6) is 17.4 Å². The van der Waals surface area contributed by atoms with Crippen molar-refractivity contribution in [1.29, 1.82) is 0 Å². The number of hydrogen-bond donors (Lipinski definition) is 1. The van der Waals surface area contributed by atoms with Gasteiger partial charge in [-0.15, -0.1) is 0 Å². The van der Waals surface area contributed by atoms with E-state index in [0.29, 0.717) is 17.4 Å². The van der Waals surface area contributed by atoms with E-state index in [-0.39, 0.29) is 11.4 Å². The fourth-order valence-corrected chi connectivity index (χ4v) is 3.53. The number of aromatic nitrogens is 1. The molecule has 0 aliphatic rings. The molecule has 0 saturated heterocycles. The number of ether oxygens (including phenoxy) is 2. The number of pyridine rings is 1. The summed E-state index contributed by atoms with van der Waals surface area (Å²) in [6.07, 6.45) is 1.64. The van der Waals surface area contributed by atoms with Crippen LogP contribution in [0.15, 0.2) is 77.8 Å². The number of nitrogens with one attached hydrogen (secondary N) is 1. The molecule has 0 saturated carbocycles. The summed E-state index contributed by atoms with van der Waals surface area (Å²) < 4.78 is 38.4. The summed E-state index contributed by atoms with van der Waals surface area (Å²) in [4.78, 5) is 4.20. The maximum atomic E-state index is 12.5. The Kier molecular flexibility index (Phi) is 5.50. The maximum absolute atomic E-state index is 12.5. The lowest BCUT2D eigenvalue weighted by Gasteiger charge is -2.11. The quantitative estimate of drug-likeness (QED) is 0.690. The summed E-state index contributed by atoms with van der Waals surface area (Å²) in [5, 5.41) is 0. The lowest BCUT2D eigenvalue weighted by molar-refractivity contribution is 0.402. The molecule has 26 heavy (non-hydrogen) atoms. The molecule has 134 valence electrons. The monoisotopic (exact) mass is 370 g/mol. The van der Waals surface area contributed by atoms with Crippen LogP contribution in [0.25, 0.3) is 0 Å². The zero-order chi connectivity index (χ0) is 18.4. The lowest BCUT2D eigenvalue weighted by atomic mass is 10.2. The lowest BCUT2D eigenvalue weighted by Crippen LogP contribution is -2.23. The van der Waals surface area contributed by atoms with E-state index >= 15 is 0 Å². The molecule has 0 unspecified atom stereocenters. The van der Waals surface area contributed by atoms with Gasteiger partial charge in [0, 0.05) is 18.8 Å². The minimum Gasteiger partial charge on any atom is -0.495 e. The van der Waals surface area contributed by atoms with Crippen molar-refractivity contribution < 1.29 is 17.9 Å². The smallest absolute Gasteiger partial charge is 0.244 e. The Morgan fingerprint density at radius 2 is 1.81 bits per heavy atom. The van der Waals surface area contributed by atoms with Crippen LogP contribution in [0, 0.1) is 0 Å². The molecule has 1 N–H and O–H groups in total. The van der Waals surface area contributed by atoms with Gasteiger partial charge in [0.25, 0.3) is 0 Å². The second-order valence-electron chi connectivity index (χ2n) is 5.39. The minimum atomic E-state index is -3.70. The Morgan fingerprint density at radius 1 is 1.00 bits per heavy atom. The highest BCUT2D eigenvalue weighted by Crippen LogP contribution is 2.23. The highest BCUT2D eigenvalue weighted by atomic mass is 32.2. The van der Waals surface area contributed by atoms with Gasteiger partial charge in [-0.3, -0.25) is 0 Å². The van der Waals surface area contributed by atoms with E-state index in [9.17, 15) is 8.42 Å². The van der Waals surface area contributed by atoms with Crippen LogP contribution in [-0.2, 0) is 16.6 Å². The third-order valence-electron chi connectivity index (χ3n) is 3.58. The third kappa shape index (κ3) is 4.38. The molecule has 0 atom stereocenters. The van der Waals surface area contributed by atoms with Crippen LogP contribution in [0.2, 0.25) is 0 Å². The van der Waals surface area contributed by atoms with Gasteiger partial charge in [0.1, 0.15) is 16.4 Å². The summed E-state index contributed by atoms with van der Waals surface area (Å²) in [5.74, 6) is 1.35. The minimum absolute atomic E-state index is 0.100. The molecule has 3 rings (SSSR count). The molecular weight excluding hydrogens is 352 g/mol. The average Bonchev–Trinajstić information content (AvgIpc) is 2.67. The van der Waals surface area contributed by atoms with Crippen molar-refractivity contribution >= 4 is 10.0 Å². The maximum Gasteiger partial charge on any atom is 0.244 e. The van der Waals surface area contributed by atoms with Crippen molar-refractivity contribution in [3.63, 3.8) is 0 Å². The van der Waals surface area contributed by atoms with Crippen LogP contribution < -0.4 is 14.2 Å². The Balaban J connectivity index is 1.72. The second-order valence-corrected chi connectivity index (χ2v) is 7.13. The third-order valence-corrected chi connectivity index (χ3v) is 5.02. The first-order valence-corrected chi connectivity index (χ1v) is 9.37. The van der Waals surface area contributed by atoms with Crippen LogP contribution in [-0.4, -0.2) is 20.5 Å². The summed E-state index contributed by atoms with van der Waals surface area (Å²) >= 11 is 0. The van der Waals surface area contributed by atoms with Crippen LogP contribution in [0.3, 0.4) is 0 Å². The number of hydrogen-bond acceptors (Lipinski definition) is 5. The predicted molar refractivity (Wildman–Crippen MR) is 97.8 cm³/mol. The van der Waals surface area contributed by atoms with Crippen molar-refractivity contribution in [2.45, 2.75) is 11.4 Å². The molecule has 0 aliphatic heterocycles. The van der Waals surface area contributed by atoms with Crippen molar-refractivity contribution in [1.82, 2.24) is 9.71 Å². The number of sulfonamides is 1. The van der Waals surface area contributed by atoms with E-state index in [2.05, 4.69) is 9.71 Å². The normalized spacial score (nSPS) is 11.1. The summed E-state index contributed by atoms with van der Waals surface area (Å²) in [7, 11) is -2.26. The van der Waals surface area contributed by atoms with Gasteiger partial charge < -0.3 is 9.47 Å². The van der Waals surface area contributed by atoms with Gasteiger partial charge in [0.05, 0.1) is 7.11 Å². The van der Waals surface area contributed by atoms with Gasteiger partial charge in [-0.05, 0) is 35.9 Å². The first kappa shape index (κ1) is 17.9. The molecule has 0 aliphatic carbocycles. The van der Waals surface area contributed by atoms with Crippen LogP contribution >= 0.6 is 0 Å². The molecule has 2 aromatic carbocycles. The van der Waals surface area contributed by atoms with Gasteiger partial charge in [0.2, 0.25) is 15.9 Å². The first-order chi connectivity index (χ1) is 12.6. The van der Waals surface area contributed by atoms with Crippen molar-refractivity contribution in [2.75, 3.05) is 7.11 Å². The number of methoxy groups -OCH3 is 1. The summed E-state index contributed by atoms with van der Waals surface area (Å²) in [5.41, 5.74) is 0.761. The zero-order valence-electron chi connectivity index (χ0n) is 14.1. The fourth-order valence-electron chi connectivity index (χ4n) is 2.34. The number of benzene rings is 2. The van der Waals surface area contributed by atoms with E-state index < -0.39 is 10.0 Å². The topological polar surface area (TPSA) is 77.5 Å². The molecule has 1 aromatic heterocycles.